The zero-order valence-electron chi connectivity index (χ0n) is 7.77. The highest BCUT2D eigenvalue weighted by Crippen LogP contribution is 2.17. The normalized spacial score (nSPS) is 10.8. The van der Waals surface area contributed by atoms with Crippen LogP contribution in [0.5, 0.6) is 0 Å². The lowest BCUT2D eigenvalue weighted by atomic mass is 10.2. The average molecular weight is 202 g/mol. The van der Waals surface area contributed by atoms with Gasteiger partial charge in [-0.25, -0.2) is 4.39 Å². The number of nitrogens with one attached hydrogen (secondary N) is 1. The fraction of sp³-hybridized carbons (Fsp3) is 0.400. The molecule has 0 amide bonds. The Hall–Kier alpha value is -0.600. The minimum absolute atomic E-state index is 0.183. The lowest BCUT2D eigenvalue weighted by Gasteiger charge is -2.09. The van der Waals surface area contributed by atoms with Crippen molar-refractivity contribution in [3.05, 3.63) is 34.6 Å². The predicted molar refractivity (Wildman–Crippen MR) is 53.4 cm³/mol. The number of hydrogen-bond donors (Lipinski definition) is 1. The summed E-state index contributed by atoms with van der Waals surface area (Å²) < 4.78 is 13.3. The van der Waals surface area contributed by atoms with Crippen LogP contribution in [0.3, 0.4) is 0 Å². The zero-order valence-corrected chi connectivity index (χ0v) is 8.53. The fourth-order valence-corrected chi connectivity index (χ4v) is 1.19. The van der Waals surface area contributed by atoms with E-state index in [1.807, 2.05) is 13.8 Å². The molecule has 1 rings (SSSR count). The fourth-order valence-electron chi connectivity index (χ4n) is 0.999. The maximum atomic E-state index is 13.3. The molecule has 0 saturated heterocycles. The van der Waals surface area contributed by atoms with Crippen LogP contribution >= 0.6 is 11.6 Å². The quantitative estimate of drug-likeness (QED) is 0.793. The minimum Gasteiger partial charge on any atom is -0.310 e. The molecule has 0 aliphatic rings. The number of halogens is 2. The summed E-state index contributed by atoms with van der Waals surface area (Å²) in [5.41, 5.74) is 0.612. The Kier molecular flexibility index (Phi) is 3.70. The summed E-state index contributed by atoms with van der Waals surface area (Å²) in [4.78, 5) is 0. The van der Waals surface area contributed by atoms with Gasteiger partial charge in [-0.2, -0.15) is 0 Å². The van der Waals surface area contributed by atoms with E-state index in [-0.39, 0.29) is 10.8 Å². The number of benzene rings is 1. The molecule has 0 atom stereocenters. The maximum absolute atomic E-state index is 13.3. The van der Waals surface area contributed by atoms with Gasteiger partial charge in [0.25, 0.3) is 0 Å². The molecule has 1 aromatic carbocycles. The van der Waals surface area contributed by atoms with Crippen molar-refractivity contribution >= 4 is 11.6 Å². The first-order chi connectivity index (χ1) is 6.11. The second-order valence-corrected chi connectivity index (χ2v) is 3.66. The topological polar surface area (TPSA) is 12.0 Å². The lowest BCUT2D eigenvalue weighted by molar-refractivity contribution is 0.553. The largest absolute Gasteiger partial charge is 0.310 e. The molecule has 3 heteroatoms. The van der Waals surface area contributed by atoms with E-state index in [0.717, 1.165) is 0 Å². The molecule has 1 N–H and O–H groups in total. The first-order valence-electron chi connectivity index (χ1n) is 4.27. The van der Waals surface area contributed by atoms with Gasteiger partial charge in [0.2, 0.25) is 0 Å². The van der Waals surface area contributed by atoms with E-state index in [9.17, 15) is 4.39 Å². The third-order valence-corrected chi connectivity index (χ3v) is 2.02. The molecule has 0 heterocycles. The van der Waals surface area contributed by atoms with Crippen molar-refractivity contribution in [2.24, 2.45) is 0 Å². The van der Waals surface area contributed by atoms with Gasteiger partial charge in [0.1, 0.15) is 5.82 Å². The van der Waals surface area contributed by atoms with Gasteiger partial charge in [0.15, 0.2) is 0 Å². The average Bonchev–Trinajstić information content (AvgIpc) is 2.07. The zero-order chi connectivity index (χ0) is 9.84. The maximum Gasteiger partial charge on any atom is 0.146 e. The van der Waals surface area contributed by atoms with Crippen LogP contribution in [0, 0.1) is 5.82 Å². The molecule has 0 aliphatic carbocycles. The summed E-state index contributed by atoms with van der Waals surface area (Å²) in [6.07, 6.45) is 0. The molecule has 0 fully saturated rings. The highest BCUT2D eigenvalue weighted by atomic mass is 35.5. The van der Waals surface area contributed by atoms with Crippen molar-refractivity contribution in [3.8, 4) is 0 Å². The molecule has 0 unspecified atom stereocenters. The van der Waals surface area contributed by atoms with Crippen LogP contribution in [0.1, 0.15) is 19.4 Å². The first kappa shape index (κ1) is 10.5. The van der Waals surface area contributed by atoms with E-state index in [1.165, 1.54) is 0 Å². The van der Waals surface area contributed by atoms with Gasteiger partial charge in [-0.1, -0.05) is 37.6 Å². The SMILES string of the molecule is CC(C)NCc1cccc(Cl)c1F. The molecule has 0 aliphatic heterocycles. The molecular formula is C10H13ClFN. The summed E-state index contributed by atoms with van der Waals surface area (Å²) in [5.74, 6) is -0.322. The molecule has 0 aromatic heterocycles. The van der Waals surface area contributed by atoms with E-state index in [2.05, 4.69) is 5.32 Å². The second kappa shape index (κ2) is 4.58. The highest BCUT2D eigenvalue weighted by Gasteiger charge is 2.05. The van der Waals surface area contributed by atoms with Crippen molar-refractivity contribution in [1.82, 2.24) is 5.32 Å². The van der Waals surface area contributed by atoms with E-state index in [4.69, 9.17) is 11.6 Å². The van der Waals surface area contributed by atoms with Crippen LogP contribution in [-0.2, 0) is 6.54 Å². The Morgan fingerprint density at radius 2 is 2.15 bits per heavy atom. The van der Waals surface area contributed by atoms with Crippen LogP contribution in [-0.4, -0.2) is 6.04 Å². The summed E-state index contributed by atoms with van der Waals surface area (Å²) >= 11 is 5.63. The Balaban J connectivity index is 2.71. The monoisotopic (exact) mass is 201 g/mol. The van der Waals surface area contributed by atoms with Crippen LogP contribution in [0.4, 0.5) is 4.39 Å². The van der Waals surface area contributed by atoms with Gasteiger partial charge in [0, 0.05) is 18.2 Å². The Morgan fingerprint density at radius 3 is 2.77 bits per heavy atom. The molecule has 0 bridgehead atoms. The van der Waals surface area contributed by atoms with Gasteiger partial charge in [-0.15, -0.1) is 0 Å². The van der Waals surface area contributed by atoms with Gasteiger partial charge < -0.3 is 5.32 Å². The Labute approximate surface area is 82.9 Å². The lowest BCUT2D eigenvalue weighted by Crippen LogP contribution is -2.22. The van der Waals surface area contributed by atoms with Gasteiger partial charge in [-0.05, 0) is 6.07 Å². The van der Waals surface area contributed by atoms with Gasteiger partial charge >= 0.3 is 0 Å². The van der Waals surface area contributed by atoms with Crippen LogP contribution in [0.2, 0.25) is 5.02 Å². The molecule has 0 spiro atoms. The third-order valence-electron chi connectivity index (χ3n) is 1.73. The number of rotatable bonds is 3. The molecule has 1 nitrogen and oxygen atoms in total. The second-order valence-electron chi connectivity index (χ2n) is 3.25. The van der Waals surface area contributed by atoms with Crippen LogP contribution in [0.15, 0.2) is 18.2 Å². The molecule has 0 saturated carbocycles. The van der Waals surface area contributed by atoms with Crippen molar-refractivity contribution in [1.29, 1.82) is 0 Å². The Morgan fingerprint density at radius 1 is 1.46 bits per heavy atom. The summed E-state index contributed by atoms with van der Waals surface area (Å²) in [7, 11) is 0. The van der Waals surface area contributed by atoms with Crippen molar-refractivity contribution in [2.45, 2.75) is 26.4 Å². The molecule has 13 heavy (non-hydrogen) atoms. The summed E-state index contributed by atoms with van der Waals surface area (Å²) in [5, 5.41) is 3.31. The summed E-state index contributed by atoms with van der Waals surface area (Å²) in [6, 6.07) is 5.38. The van der Waals surface area contributed by atoms with Crippen LogP contribution < -0.4 is 5.32 Å². The molecule has 1 aromatic rings. The minimum atomic E-state index is -0.322. The standard InChI is InChI=1S/C10H13ClFN/c1-7(2)13-6-8-4-3-5-9(11)10(8)12/h3-5,7,13H,6H2,1-2H3. The molecule has 0 radical (unpaired) electrons. The molecular weight excluding hydrogens is 189 g/mol. The summed E-state index contributed by atoms with van der Waals surface area (Å²) in [6.45, 7) is 4.55. The predicted octanol–water partition coefficient (Wildman–Crippen LogP) is 2.98. The highest BCUT2D eigenvalue weighted by molar-refractivity contribution is 6.30. The van der Waals surface area contributed by atoms with Gasteiger partial charge in [0.05, 0.1) is 5.02 Å². The van der Waals surface area contributed by atoms with Crippen molar-refractivity contribution < 1.29 is 4.39 Å². The Bertz CT molecular complexity index is 286. The van der Waals surface area contributed by atoms with E-state index in [1.54, 1.807) is 18.2 Å². The van der Waals surface area contributed by atoms with E-state index >= 15 is 0 Å². The third kappa shape index (κ3) is 2.98. The molecule has 72 valence electrons. The van der Waals surface area contributed by atoms with Crippen molar-refractivity contribution in [2.75, 3.05) is 0 Å². The smallest absolute Gasteiger partial charge is 0.146 e. The van der Waals surface area contributed by atoms with Gasteiger partial charge in [-0.3, -0.25) is 0 Å². The van der Waals surface area contributed by atoms with Crippen LogP contribution in [0.25, 0.3) is 0 Å². The first-order valence-corrected chi connectivity index (χ1v) is 4.65. The van der Waals surface area contributed by atoms with E-state index in [0.29, 0.717) is 18.2 Å². The van der Waals surface area contributed by atoms with E-state index < -0.39 is 0 Å². The van der Waals surface area contributed by atoms with Crippen molar-refractivity contribution in [3.63, 3.8) is 0 Å². The number of hydrogen-bond acceptors (Lipinski definition) is 1.